The molecule has 0 aromatic rings. The van der Waals surface area contributed by atoms with Gasteiger partial charge in [-0.1, -0.05) is 6.08 Å². The first-order valence-electron chi connectivity index (χ1n) is 4.54. The summed E-state index contributed by atoms with van der Waals surface area (Å²) in [5.74, 6) is -0.561. The molecule has 3 nitrogen and oxygen atoms in total. The van der Waals surface area contributed by atoms with Crippen molar-refractivity contribution in [2.45, 2.75) is 38.7 Å². The van der Waals surface area contributed by atoms with Gasteiger partial charge in [0.15, 0.2) is 0 Å². The smallest absolute Gasteiger partial charge is 0.313 e. The van der Waals surface area contributed by atoms with Gasteiger partial charge in [-0.05, 0) is 32.3 Å². The van der Waals surface area contributed by atoms with Gasteiger partial charge in [0, 0.05) is 0 Å². The number of ether oxygens (including phenoxy) is 1. The highest BCUT2D eigenvalue weighted by Gasteiger charge is 2.14. The van der Waals surface area contributed by atoms with Crippen LogP contribution in [0.4, 0.5) is 0 Å². The van der Waals surface area contributed by atoms with Gasteiger partial charge in [-0.3, -0.25) is 9.59 Å². The molecule has 3 heteroatoms. The summed E-state index contributed by atoms with van der Waals surface area (Å²) < 4.78 is 5.06. The molecule has 0 bridgehead atoms. The van der Waals surface area contributed by atoms with Gasteiger partial charge >= 0.3 is 5.97 Å². The number of allylic oxidation sites excluding steroid dienone is 1. The molecule has 1 rings (SSSR count). The van der Waals surface area contributed by atoms with Gasteiger partial charge in [-0.2, -0.15) is 0 Å². The average molecular weight is 182 g/mol. The zero-order chi connectivity index (χ0) is 9.68. The van der Waals surface area contributed by atoms with Crippen LogP contribution in [0.1, 0.15) is 32.6 Å². The molecule has 0 spiro atoms. The van der Waals surface area contributed by atoms with Gasteiger partial charge in [-0.25, -0.2) is 0 Å². The van der Waals surface area contributed by atoms with Crippen LogP contribution in [0.5, 0.6) is 0 Å². The lowest BCUT2D eigenvalue weighted by molar-refractivity contribution is -0.149. The van der Waals surface area contributed by atoms with Crippen LogP contribution >= 0.6 is 0 Å². The van der Waals surface area contributed by atoms with E-state index in [1.165, 1.54) is 6.92 Å². The monoisotopic (exact) mass is 182 g/mol. The molecule has 0 radical (unpaired) electrons. The van der Waals surface area contributed by atoms with Crippen molar-refractivity contribution < 1.29 is 14.3 Å². The Balaban J connectivity index is 2.30. The summed E-state index contributed by atoms with van der Waals surface area (Å²) in [7, 11) is 0. The molecule has 1 aliphatic rings. The number of rotatable bonds is 3. The molecule has 0 aromatic heterocycles. The van der Waals surface area contributed by atoms with Gasteiger partial charge < -0.3 is 4.74 Å². The molecule has 0 amide bonds. The van der Waals surface area contributed by atoms with Crippen LogP contribution in [0.25, 0.3) is 0 Å². The fourth-order valence-corrected chi connectivity index (χ4v) is 1.29. The second-order valence-corrected chi connectivity index (χ2v) is 3.27. The Kier molecular flexibility index (Phi) is 3.68. The van der Waals surface area contributed by atoms with Crippen molar-refractivity contribution in [1.82, 2.24) is 0 Å². The lowest BCUT2D eigenvalue weighted by Gasteiger charge is -2.16. The van der Waals surface area contributed by atoms with Gasteiger partial charge in [0.25, 0.3) is 0 Å². The quantitative estimate of drug-likeness (QED) is 0.378. The lowest BCUT2D eigenvalue weighted by Crippen LogP contribution is -2.19. The highest BCUT2D eigenvalue weighted by Crippen LogP contribution is 2.13. The maximum absolute atomic E-state index is 11.0. The first-order chi connectivity index (χ1) is 6.18. The normalized spacial score (nSPS) is 21.2. The zero-order valence-corrected chi connectivity index (χ0v) is 7.79. The van der Waals surface area contributed by atoms with E-state index in [-0.39, 0.29) is 18.3 Å². The fraction of sp³-hybridized carbons (Fsp3) is 0.600. The van der Waals surface area contributed by atoms with E-state index in [0.717, 1.165) is 19.3 Å². The van der Waals surface area contributed by atoms with Crippen LogP contribution in [0, 0.1) is 0 Å². The van der Waals surface area contributed by atoms with E-state index >= 15 is 0 Å². The molecule has 72 valence electrons. The number of hydrogen-bond donors (Lipinski definition) is 0. The lowest BCUT2D eigenvalue weighted by atomic mass is 10.1. The van der Waals surface area contributed by atoms with Crippen molar-refractivity contribution in [1.29, 1.82) is 0 Å². The Morgan fingerprint density at radius 1 is 1.54 bits per heavy atom. The van der Waals surface area contributed by atoms with E-state index in [2.05, 4.69) is 0 Å². The fourth-order valence-electron chi connectivity index (χ4n) is 1.29. The predicted octanol–water partition coefficient (Wildman–Crippen LogP) is 1.62. The first kappa shape index (κ1) is 9.96. The van der Waals surface area contributed by atoms with Crippen molar-refractivity contribution in [2.24, 2.45) is 0 Å². The molecule has 1 atom stereocenters. The van der Waals surface area contributed by atoms with Gasteiger partial charge in [0.1, 0.15) is 18.3 Å². The average Bonchev–Trinajstić information content (AvgIpc) is 2.04. The minimum Gasteiger partial charge on any atom is -0.458 e. The van der Waals surface area contributed by atoms with E-state index in [9.17, 15) is 9.59 Å². The third-order valence-electron chi connectivity index (χ3n) is 1.89. The molecule has 1 aliphatic carbocycles. The molecule has 0 N–H and O–H groups in total. The van der Waals surface area contributed by atoms with Crippen molar-refractivity contribution in [3.8, 4) is 0 Å². The van der Waals surface area contributed by atoms with Crippen LogP contribution in [0.15, 0.2) is 12.2 Å². The number of ketones is 1. The topological polar surface area (TPSA) is 43.4 Å². The Labute approximate surface area is 77.8 Å². The van der Waals surface area contributed by atoms with Crippen molar-refractivity contribution in [3.05, 3.63) is 12.2 Å². The maximum atomic E-state index is 11.0. The molecule has 0 unspecified atom stereocenters. The molecule has 0 aliphatic heterocycles. The van der Waals surface area contributed by atoms with Crippen LogP contribution in [-0.2, 0) is 14.3 Å². The van der Waals surface area contributed by atoms with E-state index in [0.29, 0.717) is 0 Å². The number of carbonyl (C=O) groups is 2. The minimum absolute atomic E-state index is 0.107. The van der Waals surface area contributed by atoms with Gasteiger partial charge in [-0.15, -0.1) is 0 Å². The van der Waals surface area contributed by atoms with Crippen molar-refractivity contribution in [2.75, 3.05) is 0 Å². The molecule has 0 heterocycles. The van der Waals surface area contributed by atoms with Crippen molar-refractivity contribution >= 4 is 11.8 Å². The second-order valence-electron chi connectivity index (χ2n) is 3.27. The van der Waals surface area contributed by atoms with Gasteiger partial charge in [0.2, 0.25) is 0 Å². The summed E-state index contributed by atoms with van der Waals surface area (Å²) in [5, 5.41) is 0. The van der Waals surface area contributed by atoms with Crippen LogP contribution < -0.4 is 0 Å². The summed E-state index contributed by atoms with van der Waals surface area (Å²) in [6.07, 6.45) is 6.66. The summed E-state index contributed by atoms with van der Waals surface area (Å²) in [5.41, 5.74) is 0. The number of Topliss-reactive ketones (excluding diaryl/α,β-unsaturated/α-hetero) is 1. The highest BCUT2D eigenvalue weighted by molar-refractivity contribution is 5.94. The molecule has 0 saturated carbocycles. The largest absolute Gasteiger partial charge is 0.458 e. The molecule has 0 aromatic carbocycles. The van der Waals surface area contributed by atoms with Crippen molar-refractivity contribution in [3.63, 3.8) is 0 Å². The SMILES string of the molecule is CC(=O)CC(=O)O[C@@H]1C=CCCC1. The second kappa shape index (κ2) is 4.80. The first-order valence-corrected chi connectivity index (χ1v) is 4.54. The Bertz CT molecular complexity index is 230. The third-order valence-corrected chi connectivity index (χ3v) is 1.89. The molecule has 13 heavy (non-hydrogen) atoms. The van der Waals surface area contributed by atoms with Crippen LogP contribution in [0.2, 0.25) is 0 Å². The summed E-state index contributed by atoms with van der Waals surface area (Å²) >= 11 is 0. The molecule has 0 fully saturated rings. The van der Waals surface area contributed by atoms with Crippen LogP contribution in [-0.4, -0.2) is 17.9 Å². The Hall–Kier alpha value is -1.12. The van der Waals surface area contributed by atoms with E-state index in [1.54, 1.807) is 0 Å². The van der Waals surface area contributed by atoms with E-state index < -0.39 is 5.97 Å². The summed E-state index contributed by atoms with van der Waals surface area (Å²) in [4.78, 5) is 21.6. The third kappa shape index (κ3) is 3.87. The molecular formula is C10H14O3. The molecular weight excluding hydrogens is 168 g/mol. The highest BCUT2D eigenvalue weighted by atomic mass is 16.5. The predicted molar refractivity (Wildman–Crippen MR) is 48.2 cm³/mol. The van der Waals surface area contributed by atoms with E-state index in [4.69, 9.17) is 4.74 Å². The van der Waals surface area contributed by atoms with Crippen LogP contribution in [0.3, 0.4) is 0 Å². The molecule has 0 saturated heterocycles. The minimum atomic E-state index is -0.413. The number of carbonyl (C=O) groups excluding carboxylic acids is 2. The summed E-state index contributed by atoms with van der Waals surface area (Å²) in [6.45, 7) is 1.39. The maximum Gasteiger partial charge on any atom is 0.313 e. The standard InChI is InChI=1S/C10H14O3/c1-8(11)7-10(12)13-9-5-3-2-4-6-9/h3,5,9H,2,4,6-7H2,1H3/t9-/m1/s1. The number of hydrogen-bond acceptors (Lipinski definition) is 3. The van der Waals surface area contributed by atoms with E-state index in [1.807, 2.05) is 12.2 Å². The Morgan fingerprint density at radius 2 is 2.31 bits per heavy atom. The van der Waals surface area contributed by atoms with Gasteiger partial charge in [0.05, 0.1) is 0 Å². The Morgan fingerprint density at radius 3 is 2.85 bits per heavy atom. The number of esters is 1. The summed E-state index contributed by atoms with van der Waals surface area (Å²) in [6, 6.07) is 0. The zero-order valence-electron chi connectivity index (χ0n) is 7.79.